The number of hydrogen-bond donors (Lipinski definition) is 0. The van der Waals surface area contributed by atoms with E-state index in [4.69, 9.17) is 11.6 Å². The molecule has 0 saturated carbocycles. The summed E-state index contributed by atoms with van der Waals surface area (Å²) in [4.78, 5) is 0. The van der Waals surface area contributed by atoms with Gasteiger partial charge in [-0.15, -0.1) is 0 Å². The van der Waals surface area contributed by atoms with Crippen LogP contribution in [0.4, 0.5) is 8.78 Å². The van der Waals surface area contributed by atoms with Gasteiger partial charge in [-0.1, -0.05) is 18.5 Å². The lowest BCUT2D eigenvalue weighted by Crippen LogP contribution is -2.13. The summed E-state index contributed by atoms with van der Waals surface area (Å²) in [5.74, 6) is -0.701. The zero-order valence-corrected chi connectivity index (χ0v) is 8.67. The van der Waals surface area contributed by atoms with Gasteiger partial charge in [-0.05, 0) is 42.4 Å². The SMILES string of the molecule is CC1CCc2c(cc(F)c(Cl)c2F)C1. The molecule has 1 unspecified atom stereocenters. The molecular formula is C11H11ClF2. The lowest BCUT2D eigenvalue weighted by atomic mass is 9.85. The Labute approximate surface area is 86.9 Å². The van der Waals surface area contributed by atoms with Gasteiger partial charge in [-0.3, -0.25) is 0 Å². The van der Waals surface area contributed by atoms with Gasteiger partial charge in [-0.2, -0.15) is 0 Å². The van der Waals surface area contributed by atoms with Gasteiger partial charge in [0.2, 0.25) is 0 Å². The number of benzene rings is 1. The van der Waals surface area contributed by atoms with Crippen molar-refractivity contribution in [3.05, 3.63) is 33.9 Å². The molecule has 1 aromatic carbocycles. The zero-order valence-electron chi connectivity index (χ0n) is 7.91. The van der Waals surface area contributed by atoms with Crippen LogP contribution in [0.25, 0.3) is 0 Å². The van der Waals surface area contributed by atoms with E-state index >= 15 is 0 Å². The van der Waals surface area contributed by atoms with Crippen molar-refractivity contribution < 1.29 is 8.78 Å². The fourth-order valence-corrected chi connectivity index (χ4v) is 2.17. The van der Waals surface area contributed by atoms with Crippen LogP contribution < -0.4 is 0 Å². The molecule has 0 nitrogen and oxygen atoms in total. The quantitative estimate of drug-likeness (QED) is 0.580. The summed E-state index contributed by atoms with van der Waals surface area (Å²) in [7, 11) is 0. The van der Waals surface area contributed by atoms with Crippen molar-refractivity contribution in [3.8, 4) is 0 Å². The molecule has 0 saturated heterocycles. The van der Waals surface area contributed by atoms with E-state index in [1.807, 2.05) is 0 Å². The van der Waals surface area contributed by atoms with Gasteiger partial charge in [0.15, 0.2) is 0 Å². The van der Waals surface area contributed by atoms with Crippen molar-refractivity contribution >= 4 is 11.6 Å². The minimum atomic E-state index is -0.642. The van der Waals surface area contributed by atoms with Gasteiger partial charge in [0.1, 0.15) is 16.7 Å². The molecule has 1 atom stereocenters. The molecule has 76 valence electrons. The maximum Gasteiger partial charge on any atom is 0.148 e. The van der Waals surface area contributed by atoms with Crippen LogP contribution in [0.15, 0.2) is 6.07 Å². The topological polar surface area (TPSA) is 0 Å². The highest BCUT2D eigenvalue weighted by molar-refractivity contribution is 6.31. The smallest absolute Gasteiger partial charge is 0.148 e. The largest absolute Gasteiger partial charge is 0.205 e. The Morgan fingerprint density at radius 2 is 2.14 bits per heavy atom. The Bertz CT molecular complexity index is 374. The molecule has 0 spiro atoms. The second kappa shape index (κ2) is 3.50. The lowest BCUT2D eigenvalue weighted by molar-refractivity contribution is 0.475. The Morgan fingerprint density at radius 3 is 2.86 bits per heavy atom. The summed E-state index contributed by atoms with van der Waals surface area (Å²) < 4.78 is 26.6. The van der Waals surface area contributed by atoms with Gasteiger partial charge in [0.25, 0.3) is 0 Å². The van der Waals surface area contributed by atoms with E-state index in [2.05, 4.69) is 6.92 Å². The highest BCUT2D eigenvalue weighted by Crippen LogP contribution is 2.32. The van der Waals surface area contributed by atoms with Crippen LogP contribution in [-0.2, 0) is 12.8 Å². The minimum Gasteiger partial charge on any atom is -0.205 e. The van der Waals surface area contributed by atoms with Crippen LogP contribution in [0.1, 0.15) is 24.5 Å². The van der Waals surface area contributed by atoms with Crippen LogP contribution in [0, 0.1) is 17.6 Å². The van der Waals surface area contributed by atoms with Crippen LogP contribution in [-0.4, -0.2) is 0 Å². The highest BCUT2D eigenvalue weighted by Gasteiger charge is 2.22. The molecule has 14 heavy (non-hydrogen) atoms. The normalized spacial score (nSPS) is 20.7. The molecule has 0 amide bonds. The third-order valence-electron chi connectivity index (χ3n) is 2.81. The third-order valence-corrected chi connectivity index (χ3v) is 3.16. The van der Waals surface area contributed by atoms with E-state index in [1.54, 1.807) is 0 Å². The Balaban J connectivity index is 2.54. The van der Waals surface area contributed by atoms with Gasteiger partial charge >= 0.3 is 0 Å². The second-order valence-corrected chi connectivity index (χ2v) is 4.35. The average molecular weight is 217 g/mol. The van der Waals surface area contributed by atoms with Crippen molar-refractivity contribution in [2.24, 2.45) is 5.92 Å². The van der Waals surface area contributed by atoms with E-state index < -0.39 is 11.6 Å². The summed E-state index contributed by atoms with van der Waals surface area (Å²) in [5.41, 5.74) is 1.39. The molecule has 0 aliphatic heterocycles. The van der Waals surface area contributed by atoms with Crippen molar-refractivity contribution in [1.29, 1.82) is 0 Å². The molecule has 1 aliphatic carbocycles. The molecule has 0 bridgehead atoms. The Kier molecular flexibility index (Phi) is 2.48. The minimum absolute atomic E-state index is 0.363. The van der Waals surface area contributed by atoms with E-state index in [0.29, 0.717) is 17.9 Å². The summed E-state index contributed by atoms with van der Waals surface area (Å²) in [6, 6.07) is 1.37. The molecule has 3 heteroatoms. The summed E-state index contributed by atoms with van der Waals surface area (Å²) in [5, 5.41) is -0.363. The van der Waals surface area contributed by atoms with Gasteiger partial charge < -0.3 is 0 Å². The monoisotopic (exact) mass is 216 g/mol. The molecule has 0 radical (unpaired) electrons. The Morgan fingerprint density at radius 1 is 1.43 bits per heavy atom. The number of fused-ring (bicyclic) bond motifs is 1. The first kappa shape index (κ1) is 9.91. The second-order valence-electron chi connectivity index (χ2n) is 3.97. The fraction of sp³-hybridized carbons (Fsp3) is 0.455. The number of rotatable bonds is 0. The van der Waals surface area contributed by atoms with E-state index in [-0.39, 0.29) is 5.02 Å². The van der Waals surface area contributed by atoms with Crippen molar-refractivity contribution in [2.45, 2.75) is 26.2 Å². The lowest BCUT2D eigenvalue weighted by Gasteiger charge is -2.22. The van der Waals surface area contributed by atoms with Crippen LogP contribution in [0.2, 0.25) is 5.02 Å². The van der Waals surface area contributed by atoms with Gasteiger partial charge in [0, 0.05) is 0 Å². The van der Waals surface area contributed by atoms with Crippen LogP contribution in [0.5, 0.6) is 0 Å². The number of hydrogen-bond acceptors (Lipinski definition) is 0. The molecule has 1 aromatic rings. The molecule has 2 rings (SSSR count). The fourth-order valence-electron chi connectivity index (χ4n) is 2.00. The van der Waals surface area contributed by atoms with Crippen molar-refractivity contribution in [2.75, 3.05) is 0 Å². The third kappa shape index (κ3) is 1.52. The standard InChI is InChI=1S/C11H11ClF2/c1-6-2-3-8-7(4-6)5-9(13)10(12)11(8)14/h5-6H,2-4H2,1H3. The first-order valence-electron chi connectivity index (χ1n) is 4.75. The Hall–Kier alpha value is -0.630. The van der Waals surface area contributed by atoms with Crippen LogP contribution in [0.3, 0.4) is 0 Å². The average Bonchev–Trinajstić information content (AvgIpc) is 2.14. The van der Waals surface area contributed by atoms with Crippen molar-refractivity contribution in [3.63, 3.8) is 0 Å². The summed E-state index contributed by atoms with van der Waals surface area (Å²) in [6.07, 6.45) is 2.37. The van der Waals surface area contributed by atoms with E-state index in [1.165, 1.54) is 6.07 Å². The van der Waals surface area contributed by atoms with Crippen molar-refractivity contribution in [1.82, 2.24) is 0 Å². The predicted molar refractivity (Wildman–Crippen MR) is 52.6 cm³/mol. The number of halogens is 3. The molecule has 0 heterocycles. The first-order valence-corrected chi connectivity index (χ1v) is 5.12. The summed E-state index contributed by atoms with van der Waals surface area (Å²) in [6.45, 7) is 2.09. The highest BCUT2D eigenvalue weighted by atomic mass is 35.5. The molecule has 0 aromatic heterocycles. The summed E-state index contributed by atoms with van der Waals surface area (Å²) >= 11 is 5.50. The van der Waals surface area contributed by atoms with E-state index in [0.717, 1.165) is 18.4 Å². The molecule has 0 fully saturated rings. The predicted octanol–water partition coefficient (Wildman–Crippen LogP) is 3.74. The molecular weight excluding hydrogens is 206 g/mol. The maximum absolute atomic E-state index is 13.5. The van der Waals surface area contributed by atoms with Crippen LogP contribution >= 0.6 is 11.6 Å². The molecule has 0 N–H and O–H groups in total. The van der Waals surface area contributed by atoms with E-state index in [9.17, 15) is 8.78 Å². The van der Waals surface area contributed by atoms with Gasteiger partial charge in [0.05, 0.1) is 0 Å². The zero-order chi connectivity index (χ0) is 10.3. The molecule has 1 aliphatic rings. The first-order chi connectivity index (χ1) is 6.59. The van der Waals surface area contributed by atoms with Gasteiger partial charge in [-0.25, -0.2) is 8.78 Å². The maximum atomic E-state index is 13.5.